The second-order valence-electron chi connectivity index (χ2n) is 6.33. The molecule has 0 aromatic heterocycles. The van der Waals surface area contributed by atoms with Crippen LogP contribution in [0.4, 0.5) is 4.39 Å². The summed E-state index contributed by atoms with van der Waals surface area (Å²) in [5.41, 5.74) is 2.32. The molecule has 3 nitrogen and oxygen atoms in total. The first-order valence-corrected chi connectivity index (χ1v) is 8.93. The van der Waals surface area contributed by atoms with E-state index in [2.05, 4.69) is 5.32 Å². The molecule has 0 spiro atoms. The van der Waals surface area contributed by atoms with E-state index in [1.807, 2.05) is 12.1 Å². The first-order valence-electron chi connectivity index (χ1n) is 8.55. The van der Waals surface area contributed by atoms with Crippen molar-refractivity contribution in [2.75, 3.05) is 19.8 Å². The molecule has 3 rings (SSSR count). The first-order chi connectivity index (χ1) is 12.1. The maximum atomic E-state index is 13.2. The fourth-order valence-corrected chi connectivity index (χ4v) is 3.18. The highest BCUT2D eigenvalue weighted by Gasteiger charge is 2.15. The minimum Gasteiger partial charge on any atom is -0.381 e. The van der Waals surface area contributed by atoms with Crippen molar-refractivity contribution in [1.29, 1.82) is 0 Å². The summed E-state index contributed by atoms with van der Waals surface area (Å²) in [5.74, 6) is 0.121. The third kappa shape index (κ3) is 4.80. The molecule has 2 aromatic rings. The number of benzene rings is 2. The molecule has 0 aliphatic carbocycles. The van der Waals surface area contributed by atoms with E-state index in [1.54, 1.807) is 24.3 Å². The van der Waals surface area contributed by atoms with Gasteiger partial charge >= 0.3 is 0 Å². The molecule has 1 N–H and O–H groups in total. The average molecular weight is 362 g/mol. The van der Waals surface area contributed by atoms with Gasteiger partial charge in [0.05, 0.1) is 5.02 Å². The Kier molecular flexibility index (Phi) is 6.05. The Bertz CT molecular complexity index is 727. The highest BCUT2D eigenvalue weighted by Crippen LogP contribution is 2.25. The van der Waals surface area contributed by atoms with Crippen LogP contribution in [0.15, 0.2) is 42.5 Å². The summed E-state index contributed by atoms with van der Waals surface area (Å²) in [6.45, 7) is 2.39. The molecule has 1 aliphatic heterocycles. The summed E-state index contributed by atoms with van der Waals surface area (Å²) < 4.78 is 18.6. The zero-order chi connectivity index (χ0) is 17.6. The van der Waals surface area contributed by atoms with Crippen LogP contribution in [0.3, 0.4) is 0 Å². The van der Waals surface area contributed by atoms with Crippen molar-refractivity contribution in [3.05, 3.63) is 58.9 Å². The van der Waals surface area contributed by atoms with Gasteiger partial charge in [-0.2, -0.15) is 0 Å². The van der Waals surface area contributed by atoms with Gasteiger partial charge < -0.3 is 10.1 Å². The van der Waals surface area contributed by atoms with E-state index in [4.69, 9.17) is 16.3 Å². The van der Waals surface area contributed by atoms with Crippen LogP contribution in [0, 0.1) is 11.7 Å². The molecule has 2 aromatic carbocycles. The lowest BCUT2D eigenvalue weighted by Crippen LogP contribution is -2.24. The maximum absolute atomic E-state index is 13.2. The summed E-state index contributed by atoms with van der Waals surface area (Å²) in [5, 5.41) is 3.04. The minimum atomic E-state index is -0.439. The number of hydrogen-bond donors (Lipinski definition) is 1. The fourth-order valence-electron chi connectivity index (χ4n) is 3.00. The van der Waals surface area contributed by atoms with Gasteiger partial charge in [-0.05, 0) is 60.6 Å². The lowest BCUT2D eigenvalue weighted by Gasteiger charge is -2.09. The smallest absolute Gasteiger partial charge is 0.251 e. The molecule has 0 radical (unpaired) electrons. The van der Waals surface area contributed by atoms with E-state index in [0.29, 0.717) is 18.0 Å². The molecule has 132 valence electrons. The second kappa shape index (κ2) is 8.45. The van der Waals surface area contributed by atoms with E-state index in [1.165, 1.54) is 6.07 Å². The van der Waals surface area contributed by atoms with Gasteiger partial charge in [-0.15, -0.1) is 0 Å². The van der Waals surface area contributed by atoms with Gasteiger partial charge in [0, 0.05) is 25.3 Å². The summed E-state index contributed by atoms with van der Waals surface area (Å²) in [4.78, 5) is 12.2. The van der Waals surface area contributed by atoms with E-state index in [9.17, 15) is 9.18 Å². The van der Waals surface area contributed by atoms with Crippen molar-refractivity contribution in [3.8, 4) is 11.1 Å². The molecular weight excluding hydrogens is 341 g/mol. The van der Waals surface area contributed by atoms with Crippen molar-refractivity contribution in [1.82, 2.24) is 5.32 Å². The number of carbonyl (C=O) groups is 1. The molecule has 0 bridgehead atoms. The van der Waals surface area contributed by atoms with Crippen LogP contribution in [-0.4, -0.2) is 25.7 Å². The van der Waals surface area contributed by atoms with Gasteiger partial charge in [0.2, 0.25) is 0 Å². The van der Waals surface area contributed by atoms with E-state index >= 15 is 0 Å². The monoisotopic (exact) mass is 361 g/mol. The van der Waals surface area contributed by atoms with Crippen LogP contribution in [-0.2, 0) is 4.74 Å². The van der Waals surface area contributed by atoms with Gasteiger partial charge in [0.1, 0.15) is 5.82 Å². The van der Waals surface area contributed by atoms with Crippen molar-refractivity contribution in [2.24, 2.45) is 5.92 Å². The molecule has 0 saturated carbocycles. The third-order valence-corrected chi connectivity index (χ3v) is 4.79. The number of rotatable bonds is 6. The summed E-state index contributed by atoms with van der Waals surface area (Å²) in [6.07, 6.45) is 3.18. The first kappa shape index (κ1) is 17.9. The maximum Gasteiger partial charge on any atom is 0.251 e. The standard InChI is InChI=1S/C20H21ClFNO2/c21-18-12-17(7-8-19(18)22)15-3-5-16(6-4-15)20(24)23-10-1-2-14-9-11-25-13-14/h3-8,12,14H,1-2,9-11,13H2,(H,23,24). The van der Waals surface area contributed by atoms with Crippen LogP contribution in [0.5, 0.6) is 0 Å². The summed E-state index contributed by atoms with van der Waals surface area (Å²) in [7, 11) is 0. The Morgan fingerprint density at radius 1 is 1.20 bits per heavy atom. The predicted octanol–water partition coefficient (Wildman–Crippen LogP) is 4.69. The Morgan fingerprint density at radius 3 is 2.64 bits per heavy atom. The molecule has 5 heteroatoms. The molecule has 1 fully saturated rings. The fraction of sp³-hybridized carbons (Fsp3) is 0.350. The number of nitrogens with one attached hydrogen (secondary N) is 1. The Balaban J connectivity index is 1.52. The Labute approximate surface area is 152 Å². The number of amides is 1. The Hall–Kier alpha value is -1.91. The number of halogens is 2. The van der Waals surface area contributed by atoms with Crippen LogP contribution in [0.25, 0.3) is 11.1 Å². The van der Waals surface area contributed by atoms with Gasteiger partial charge in [-0.1, -0.05) is 29.8 Å². The highest BCUT2D eigenvalue weighted by atomic mass is 35.5. The molecule has 1 aliphatic rings. The normalized spacial score (nSPS) is 16.8. The Morgan fingerprint density at radius 2 is 1.96 bits per heavy atom. The van der Waals surface area contributed by atoms with Crippen LogP contribution >= 0.6 is 11.6 Å². The van der Waals surface area contributed by atoms with Crippen molar-refractivity contribution in [2.45, 2.75) is 19.3 Å². The van der Waals surface area contributed by atoms with Gasteiger partial charge in [0.25, 0.3) is 5.91 Å². The van der Waals surface area contributed by atoms with Gasteiger partial charge in [-0.25, -0.2) is 4.39 Å². The number of ether oxygens (including phenoxy) is 1. The van der Waals surface area contributed by atoms with Gasteiger partial charge in [0.15, 0.2) is 0 Å². The van der Waals surface area contributed by atoms with Crippen molar-refractivity contribution < 1.29 is 13.9 Å². The molecule has 1 unspecified atom stereocenters. The molecule has 1 saturated heterocycles. The van der Waals surface area contributed by atoms with E-state index in [0.717, 1.165) is 43.6 Å². The molecule has 1 heterocycles. The average Bonchev–Trinajstić information content (AvgIpc) is 3.14. The summed E-state index contributed by atoms with van der Waals surface area (Å²) >= 11 is 5.82. The second-order valence-corrected chi connectivity index (χ2v) is 6.74. The predicted molar refractivity (Wildman–Crippen MR) is 97.3 cm³/mol. The highest BCUT2D eigenvalue weighted by molar-refractivity contribution is 6.31. The van der Waals surface area contributed by atoms with E-state index in [-0.39, 0.29) is 10.9 Å². The van der Waals surface area contributed by atoms with E-state index < -0.39 is 5.82 Å². The quantitative estimate of drug-likeness (QED) is 0.758. The summed E-state index contributed by atoms with van der Waals surface area (Å²) in [6, 6.07) is 11.8. The zero-order valence-corrected chi connectivity index (χ0v) is 14.7. The number of carbonyl (C=O) groups excluding carboxylic acids is 1. The molecule has 25 heavy (non-hydrogen) atoms. The SMILES string of the molecule is O=C(NCCCC1CCOC1)c1ccc(-c2ccc(F)c(Cl)c2)cc1. The zero-order valence-electron chi connectivity index (χ0n) is 13.9. The van der Waals surface area contributed by atoms with Crippen LogP contribution in [0.1, 0.15) is 29.6 Å². The van der Waals surface area contributed by atoms with Crippen LogP contribution in [0.2, 0.25) is 5.02 Å². The molecular formula is C20H21ClFNO2. The lowest BCUT2D eigenvalue weighted by molar-refractivity contribution is 0.0952. The van der Waals surface area contributed by atoms with Gasteiger partial charge in [-0.3, -0.25) is 4.79 Å². The van der Waals surface area contributed by atoms with Crippen molar-refractivity contribution in [3.63, 3.8) is 0 Å². The molecule has 1 atom stereocenters. The topological polar surface area (TPSA) is 38.3 Å². The largest absolute Gasteiger partial charge is 0.381 e. The van der Waals surface area contributed by atoms with Crippen molar-refractivity contribution >= 4 is 17.5 Å². The lowest BCUT2D eigenvalue weighted by atomic mass is 10.0. The van der Waals surface area contributed by atoms with Crippen LogP contribution < -0.4 is 5.32 Å². The third-order valence-electron chi connectivity index (χ3n) is 4.50. The minimum absolute atomic E-state index is 0.0774. The molecule has 1 amide bonds. The number of hydrogen-bond acceptors (Lipinski definition) is 2.